The fourth-order valence-corrected chi connectivity index (χ4v) is 3.73. The number of amidine groups is 1. The smallest absolute Gasteiger partial charge is 0.239 e. The van der Waals surface area contributed by atoms with Gasteiger partial charge in [-0.25, -0.2) is 0 Å². The van der Waals surface area contributed by atoms with Crippen LogP contribution in [-0.2, 0) is 11.3 Å². The Kier molecular flexibility index (Phi) is 4.80. The number of benzene rings is 3. The number of nitrogens with zero attached hydrogens (tertiary/aromatic N) is 3. The quantitative estimate of drug-likeness (QED) is 0.515. The summed E-state index contributed by atoms with van der Waals surface area (Å²) in [6.45, 7) is 0.523. The molecule has 0 aliphatic carbocycles. The number of hydrogen-bond donors (Lipinski definition) is 0. The molecule has 1 fully saturated rings. The molecular formula is C21H17N3OS. The van der Waals surface area contributed by atoms with E-state index in [9.17, 15) is 4.79 Å². The van der Waals surface area contributed by atoms with Gasteiger partial charge in [-0.2, -0.15) is 5.10 Å². The molecular weight excluding hydrogens is 342 g/mol. The molecule has 1 aliphatic heterocycles. The fourth-order valence-electron chi connectivity index (χ4n) is 2.90. The standard InChI is InChI=1S/C21H17N3OS/c25-20-15-26-21(24(20)14-16-7-2-1-3-8-16)23-22-13-18-11-6-10-17-9-4-5-12-19(17)18/h1-13H,14-15H2/b22-13-,23-21-. The normalized spacial score (nSPS) is 16.2. The molecule has 3 aromatic rings. The minimum Gasteiger partial charge on any atom is -0.285 e. The lowest BCUT2D eigenvalue weighted by molar-refractivity contribution is -0.124. The highest BCUT2D eigenvalue weighted by Gasteiger charge is 2.28. The second-order valence-corrected chi connectivity index (χ2v) is 6.89. The molecule has 1 saturated heterocycles. The lowest BCUT2D eigenvalue weighted by Gasteiger charge is -2.14. The molecule has 0 bridgehead atoms. The van der Waals surface area contributed by atoms with Gasteiger partial charge in [0.05, 0.1) is 18.5 Å². The zero-order valence-corrected chi connectivity index (χ0v) is 14.9. The molecule has 128 valence electrons. The van der Waals surface area contributed by atoms with E-state index in [0.29, 0.717) is 17.5 Å². The van der Waals surface area contributed by atoms with Gasteiger partial charge in [0.2, 0.25) is 5.91 Å². The van der Waals surface area contributed by atoms with Crippen LogP contribution in [0.4, 0.5) is 0 Å². The van der Waals surface area contributed by atoms with Crippen molar-refractivity contribution in [3.8, 4) is 0 Å². The van der Waals surface area contributed by atoms with Crippen molar-refractivity contribution in [2.24, 2.45) is 10.2 Å². The second kappa shape index (κ2) is 7.54. The number of carbonyl (C=O) groups excluding carboxylic acids is 1. The molecule has 1 amide bonds. The molecule has 4 rings (SSSR count). The van der Waals surface area contributed by atoms with E-state index in [-0.39, 0.29) is 5.91 Å². The highest BCUT2D eigenvalue weighted by molar-refractivity contribution is 8.15. The van der Waals surface area contributed by atoms with Gasteiger partial charge in [0.1, 0.15) is 0 Å². The monoisotopic (exact) mass is 359 g/mol. The zero-order chi connectivity index (χ0) is 17.8. The van der Waals surface area contributed by atoms with Crippen molar-refractivity contribution in [3.63, 3.8) is 0 Å². The number of amides is 1. The number of fused-ring (bicyclic) bond motifs is 1. The van der Waals surface area contributed by atoms with Gasteiger partial charge in [0, 0.05) is 5.56 Å². The van der Waals surface area contributed by atoms with E-state index < -0.39 is 0 Å². The van der Waals surface area contributed by atoms with E-state index in [4.69, 9.17) is 0 Å². The summed E-state index contributed by atoms with van der Waals surface area (Å²) in [4.78, 5) is 13.9. The van der Waals surface area contributed by atoms with Crippen LogP contribution in [0.25, 0.3) is 10.8 Å². The van der Waals surface area contributed by atoms with Crippen molar-refractivity contribution in [2.45, 2.75) is 6.54 Å². The van der Waals surface area contributed by atoms with Crippen LogP contribution in [0.5, 0.6) is 0 Å². The molecule has 4 nitrogen and oxygen atoms in total. The average Bonchev–Trinajstić information content (AvgIpc) is 3.03. The molecule has 3 aromatic carbocycles. The Labute approximate surface area is 156 Å². The molecule has 0 unspecified atom stereocenters. The molecule has 0 aromatic heterocycles. The first-order valence-corrected chi connectivity index (χ1v) is 9.36. The first kappa shape index (κ1) is 16.5. The summed E-state index contributed by atoms with van der Waals surface area (Å²) in [6.07, 6.45) is 1.75. The average molecular weight is 359 g/mol. The maximum atomic E-state index is 12.2. The molecule has 0 saturated carbocycles. The van der Waals surface area contributed by atoms with Gasteiger partial charge in [-0.3, -0.25) is 9.69 Å². The minimum absolute atomic E-state index is 0.0676. The molecule has 1 aliphatic rings. The van der Waals surface area contributed by atoms with E-state index in [2.05, 4.69) is 28.4 Å². The van der Waals surface area contributed by atoms with Crippen LogP contribution in [-0.4, -0.2) is 27.9 Å². The van der Waals surface area contributed by atoms with Crippen LogP contribution in [0.1, 0.15) is 11.1 Å². The van der Waals surface area contributed by atoms with Crippen molar-refractivity contribution in [1.82, 2.24) is 4.90 Å². The van der Waals surface area contributed by atoms with Crippen molar-refractivity contribution in [2.75, 3.05) is 5.75 Å². The summed E-state index contributed by atoms with van der Waals surface area (Å²) < 4.78 is 0. The topological polar surface area (TPSA) is 45.0 Å². The second-order valence-electron chi connectivity index (χ2n) is 5.95. The van der Waals surface area contributed by atoms with Crippen molar-refractivity contribution < 1.29 is 4.79 Å². The van der Waals surface area contributed by atoms with E-state index in [1.807, 2.05) is 54.6 Å². The maximum Gasteiger partial charge on any atom is 0.239 e. The Balaban J connectivity index is 1.56. The third-order valence-corrected chi connectivity index (χ3v) is 5.16. The van der Waals surface area contributed by atoms with Crippen LogP contribution in [0.2, 0.25) is 0 Å². The molecule has 0 radical (unpaired) electrons. The number of carbonyl (C=O) groups is 1. The highest BCUT2D eigenvalue weighted by Crippen LogP contribution is 2.22. The molecule has 0 N–H and O–H groups in total. The largest absolute Gasteiger partial charge is 0.285 e. The number of rotatable bonds is 4. The lowest BCUT2D eigenvalue weighted by Crippen LogP contribution is -2.28. The Morgan fingerprint density at radius 3 is 2.62 bits per heavy atom. The molecule has 5 heteroatoms. The summed E-state index contributed by atoms with van der Waals surface area (Å²) >= 11 is 1.43. The lowest BCUT2D eigenvalue weighted by atomic mass is 10.1. The summed E-state index contributed by atoms with van der Waals surface area (Å²) in [7, 11) is 0. The van der Waals surface area contributed by atoms with Crippen molar-refractivity contribution in [1.29, 1.82) is 0 Å². The Hall–Kier alpha value is -2.92. The first-order valence-electron chi connectivity index (χ1n) is 8.37. The van der Waals surface area contributed by atoms with Crippen molar-refractivity contribution in [3.05, 3.63) is 83.9 Å². The fraction of sp³-hybridized carbons (Fsp3) is 0.0952. The number of thioether (sulfide) groups is 1. The summed E-state index contributed by atoms with van der Waals surface area (Å²) in [5.41, 5.74) is 2.09. The zero-order valence-electron chi connectivity index (χ0n) is 14.1. The van der Waals surface area contributed by atoms with Gasteiger partial charge in [-0.1, -0.05) is 84.6 Å². The number of hydrogen-bond acceptors (Lipinski definition) is 4. The molecule has 26 heavy (non-hydrogen) atoms. The van der Waals surface area contributed by atoms with Crippen LogP contribution >= 0.6 is 11.8 Å². The predicted octanol–water partition coefficient (Wildman–Crippen LogP) is 4.31. The van der Waals surface area contributed by atoms with Crippen molar-refractivity contribution >= 4 is 39.8 Å². The van der Waals surface area contributed by atoms with Crippen LogP contribution in [0.15, 0.2) is 83.0 Å². The van der Waals surface area contributed by atoms with Crippen LogP contribution in [0, 0.1) is 0 Å². The van der Waals surface area contributed by atoms with Gasteiger partial charge in [-0.05, 0) is 16.3 Å². The van der Waals surface area contributed by atoms with Gasteiger partial charge >= 0.3 is 0 Å². The summed E-state index contributed by atoms with van der Waals surface area (Å²) in [5.74, 6) is 0.480. The predicted molar refractivity (Wildman–Crippen MR) is 108 cm³/mol. The van der Waals surface area contributed by atoms with Gasteiger partial charge in [0.15, 0.2) is 5.17 Å². The Morgan fingerprint density at radius 2 is 1.73 bits per heavy atom. The third kappa shape index (κ3) is 3.53. The van der Waals surface area contributed by atoms with Gasteiger partial charge in [-0.15, -0.1) is 5.10 Å². The van der Waals surface area contributed by atoms with E-state index >= 15 is 0 Å². The van der Waals surface area contributed by atoms with Gasteiger partial charge in [0.25, 0.3) is 0 Å². The molecule has 0 spiro atoms. The van der Waals surface area contributed by atoms with Crippen LogP contribution < -0.4 is 0 Å². The van der Waals surface area contributed by atoms with E-state index in [1.165, 1.54) is 17.1 Å². The van der Waals surface area contributed by atoms with Crippen LogP contribution in [0.3, 0.4) is 0 Å². The molecule has 0 atom stereocenters. The maximum absolute atomic E-state index is 12.2. The van der Waals surface area contributed by atoms with E-state index in [1.54, 1.807) is 11.1 Å². The first-order chi connectivity index (χ1) is 12.8. The highest BCUT2D eigenvalue weighted by atomic mass is 32.2. The molecule has 1 heterocycles. The third-order valence-electron chi connectivity index (χ3n) is 4.20. The minimum atomic E-state index is 0.0676. The Bertz CT molecular complexity index is 993. The summed E-state index contributed by atoms with van der Waals surface area (Å²) in [5, 5.41) is 11.5. The van der Waals surface area contributed by atoms with E-state index in [0.717, 1.165) is 16.5 Å². The Morgan fingerprint density at radius 1 is 0.962 bits per heavy atom. The SMILES string of the molecule is O=C1CS/C(=N\N=C/c2cccc3ccccc23)N1Cc1ccccc1. The summed E-state index contributed by atoms with van der Waals surface area (Å²) in [6, 6.07) is 24.2. The van der Waals surface area contributed by atoms with Gasteiger partial charge < -0.3 is 0 Å².